The van der Waals surface area contributed by atoms with E-state index in [1.54, 1.807) is 19.2 Å². The highest BCUT2D eigenvalue weighted by Gasteiger charge is 2.10. The fourth-order valence-corrected chi connectivity index (χ4v) is 2.16. The number of nitrogens with two attached hydrogens (primary N) is 1. The Morgan fingerprint density at radius 2 is 1.95 bits per heavy atom. The molecule has 0 aliphatic heterocycles. The van der Waals surface area contributed by atoms with Crippen molar-refractivity contribution in [2.75, 3.05) is 12.8 Å². The number of hydrogen-bond donors (Lipinski definition) is 1. The quantitative estimate of drug-likeness (QED) is 0.771. The first-order valence-corrected chi connectivity index (χ1v) is 6.05. The van der Waals surface area contributed by atoms with Crippen molar-refractivity contribution in [3.63, 3.8) is 0 Å². The molecule has 0 aliphatic carbocycles. The summed E-state index contributed by atoms with van der Waals surface area (Å²) in [4.78, 5) is 4.33. The smallest absolute Gasteiger partial charge is 0.205 e. The second-order valence-corrected chi connectivity index (χ2v) is 4.32. The van der Waals surface area contributed by atoms with E-state index in [0.29, 0.717) is 11.5 Å². The van der Waals surface area contributed by atoms with Crippen LogP contribution in [-0.4, -0.2) is 16.7 Å². The summed E-state index contributed by atoms with van der Waals surface area (Å²) in [6.45, 7) is 0. The SMILES string of the molecule is COc1ccc2nc(N)n(-c3ccc(C#N)cc3)c2c1. The van der Waals surface area contributed by atoms with E-state index in [1.165, 1.54) is 0 Å². The molecule has 0 fully saturated rings. The van der Waals surface area contributed by atoms with Crippen molar-refractivity contribution in [3.8, 4) is 17.5 Å². The number of nitriles is 1. The van der Waals surface area contributed by atoms with Gasteiger partial charge in [-0.15, -0.1) is 0 Å². The van der Waals surface area contributed by atoms with Crippen LogP contribution in [0, 0.1) is 11.3 Å². The second-order valence-electron chi connectivity index (χ2n) is 4.32. The fraction of sp³-hybridized carbons (Fsp3) is 0.0667. The van der Waals surface area contributed by atoms with Gasteiger partial charge in [-0.05, 0) is 36.4 Å². The van der Waals surface area contributed by atoms with Crippen LogP contribution in [0.2, 0.25) is 0 Å². The summed E-state index contributed by atoms with van der Waals surface area (Å²) >= 11 is 0. The van der Waals surface area contributed by atoms with E-state index in [2.05, 4.69) is 11.1 Å². The highest BCUT2D eigenvalue weighted by molar-refractivity contribution is 5.82. The lowest BCUT2D eigenvalue weighted by Gasteiger charge is -2.07. The average Bonchev–Trinajstić information content (AvgIpc) is 2.82. The minimum atomic E-state index is 0.401. The van der Waals surface area contributed by atoms with Crippen LogP contribution in [-0.2, 0) is 0 Å². The number of hydrogen-bond acceptors (Lipinski definition) is 4. The van der Waals surface area contributed by atoms with E-state index in [0.717, 1.165) is 22.5 Å². The van der Waals surface area contributed by atoms with Crippen molar-refractivity contribution >= 4 is 17.0 Å². The predicted octanol–water partition coefficient (Wildman–Crippen LogP) is 2.49. The summed E-state index contributed by atoms with van der Waals surface area (Å²) in [5, 5.41) is 8.84. The molecular formula is C15H12N4O. The molecule has 0 unspecified atom stereocenters. The topological polar surface area (TPSA) is 76.9 Å². The van der Waals surface area contributed by atoms with Gasteiger partial charge in [0.15, 0.2) is 0 Å². The van der Waals surface area contributed by atoms with Crippen LogP contribution >= 0.6 is 0 Å². The molecule has 3 aromatic rings. The Labute approximate surface area is 115 Å². The van der Waals surface area contributed by atoms with Gasteiger partial charge in [-0.25, -0.2) is 4.98 Å². The average molecular weight is 264 g/mol. The summed E-state index contributed by atoms with van der Waals surface area (Å²) in [6.07, 6.45) is 0. The van der Waals surface area contributed by atoms with Crippen molar-refractivity contribution in [3.05, 3.63) is 48.0 Å². The molecule has 1 aromatic heterocycles. The normalized spacial score (nSPS) is 10.4. The zero-order valence-electron chi connectivity index (χ0n) is 10.9. The van der Waals surface area contributed by atoms with Crippen molar-refractivity contribution in [1.29, 1.82) is 5.26 Å². The fourth-order valence-electron chi connectivity index (χ4n) is 2.16. The molecule has 20 heavy (non-hydrogen) atoms. The molecule has 0 radical (unpaired) electrons. The van der Waals surface area contributed by atoms with Gasteiger partial charge in [0, 0.05) is 11.8 Å². The van der Waals surface area contributed by atoms with E-state index in [1.807, 2.05) is 34.9 Å². The molecule has 0 spiro atoms. The maximum Gasteiger partial charge on any atom is 0.205 e. The van der Waals surface area contributed by atoms with Crippen LogP contribution in [0.3, 0.4) is 0 Å². The van der Waals surface area contributed by atoms with Crippen molar-refractivity contribution in [1.82, 2.24) is 9.55 Å². The van der Waals surface area contributed by atoms with E-state index in [4.69, 9.17) is 15.7 Å². The largest absolute Gasteiger partial charge is 0.497 e. The number of methoxy groups -OCH3 is 1. The number of nitrogens with zero attached hydrogens (tertiary/aromatic N) is 3. The number of nitrogen functional groups attached to an aromatic ring is 1. The predicted molar refractivity (Wildman–Crippen MR) is 76.7 cm³/mol. The third-order valence-electron chi connectivity index (χ3n) is 3.14. The molecule has 0 bridgehead atoms. The first-order chi connectivity index (χ1) is 9.72. The van der Waals surface area contributed by atoms with Gasteiger partial charge in [-0.2, -0.15) is 5.26 Å². The van der Waals surface area contributed by atoms with Crippen molar-refractivity contribution in [2.24, 2.45) is 0 Å². The number of ether oxygens (including phenoxy) is 1. The lowest BCUT2D eigenvalue weighted by Crippen LogP contribution is -2.00. The Morgan fingerprint density at radius 3 is 2.60 bits per heavy atom. The lowest BCUT2D eigenvalue weighted by atomic mass is 10.2. The maximum absolute atomic E-state index is 8.84. The molecule has 3 rings (SSSR count). The zero-order chi connectivity index (χ0) is 14.1. The molecule has 5 nitrogen and oxygen atoms in total. The second kappa shape index (κ2) is 4.59. The Balaban J connectivity index is 2.23. The van der Waals surface area contributed by atoms with Crippen LogP contribution in [0.15, 0.2) is 42.5 Å². The third kappa shape index (κ3) is 1.84. The standard InChI is InChI=1S/C15H12N4O/c1-20-12-6-7-13-14(8-12)19(15(17)18-13)11-4-2-10(9-16)3-5-11/h2-8H,1H3,(H2,17,18). The van der Waals surface area contributed by atoms with Crippen molar-refractivity contribution < 1.29 is 4.74 Å². The molecule has 2 N–H and O–H groups in total. The minimum absolute atomic E-state index is 0.401. The van der Waals surface area contributed by atoms with E-state index in [9.17, 15) is 0 Å². The first kappa shape index (κ1) is 12.1. The van der Waals surface area contributed by atoms with Crippen LogP contribution in [0.5, 0.6) is 5.75 Å². The number of aromatic nitrogens is 2. The van der Waals surface area contributed by atoms with Gasteiger partial charge in [0.05, 0.1) is 29.8 Å². The molecule has 98 valence electrons. The summed E-state index contributed by atoms with van der Waals surface area (Å²) in [5.41, 5.74) is 9.12. The molecule has 0 atom stereocenters. The van der Waals surface area contributed by atoms with Crippen LogP contribution in [0.1, 0.15) is 5.56 Å². The van der Waals surface area contributed by atoms with Crippen molar-refractivity contribution in [2.45, 2.75) is 0 Å². The summed E-state index contributed by atoms with van der Waals surface area (Å²) < 4.78 is 7.07. The Morgan fingerprint density at radius 1 is 1.20 bits per heavy atom. The highest BCUT2D eigenvalue weighted by Crippen LogP contribution is 2.26. The van der Waals surface area contributed by atoms with Crippen LogP contribution in [0.4, 0.5) is 5.95 Å². The first-order valence-electron chi connectivity index (χ1n) is 6.05. The van der Waals surface area contributed by atoms with Gasteiger partial charge in [0.1, 0.15) is 5.75 Å². The molecule has 0 amide bonds. The van der Waals surface area contributed by atoms with Gasteiger partial charge in [0.2, 0.25) is 5.95 Å². The van der Waals surface area contributed by atoms with Crippen LogP contribution in [0.25, 0.3) is 16.7 Å². The summed E-state index contributed by atoms with van der Waals surface area (Å²) in [6, 6.07) is 14.9. The Bertz CT molecular complexity index is 812. The van der Waals surface area contributed by atoms with Gasteiger partial charge in [-0.3, -0.25) is 4.57 Å². The number of fused-ring (bicyclic) bond motifs is 1. The minimum Gasteiger partial charge on any atom is -0.497 e. The van der Waals surface area contributed by atoms with Gasteiger partial charge in [-0.1, -0.05) is 0 Å². The zero-order valence-corrected chi connectivity index (χ0v) is 10.9. The molecule has 5 heteroatoms. The number of imidazole rings is 1. The summed E-state index contributed by atoms with van der Waals surface area (Å²) in [5.74, 6) is 1.14. The molecular weight excluding hydrogens is 252 g/mol. The number of anilines is 1. The van der Waals surface area contributed by atoms with E-state index < -0.39 is 0 Å². The summed E-state index contributed by atoms with van der Waals surface area (Å²) in [7, 11) is 1.62. The Hall–Kier alpha value is -3.00. The van der Waals surface area contributed by atoms with Gasteiger partial charge >= 0.3 is 0 Å². The van der Waals surface area contributed by atoms with E-state index >= 15 is 0 Å². The molecule has 2 aromatic carbocycles. The maximum atomic E-state index is 8.84. The highest BCUT2D eigenvalue weighted by atomic mass is 16.5. The molecule has 0 saturated heterocycles. The lowest BCUT2D eigenvalue weighted by molar-refractivity contribution is 0.415. The molecule has 1 heterocycles. The number of benzene rings is 2. The third-order valence-corrected chi connectivity index (χ3v) is 3.14. The monoisotopic (exact) mass is 264 g/mol. The van der Waals surface area contributed by atoms with Crippen LogP contribution < -0.4 is 10.5 Å². The molecule has 0 saturated carbocycles. The molecule has 0 aliphatic rings. The van der Waals surface area contributed by atoms with E-state index in [-0.39, 0.29) is 0 Å². The van der Waals surface area contributed by atoms with Gasteiger partial charge in [0.25, 0.3) is 0 Å². The Kier molecular flexibility index (Phi) is 2.77. The van der Waals surface area contributed by atoms with Gasteiger partial charge < -0.3 is 10.5 Å². The number of rotatable bonds is 2.